The molecule has 2 fully saturated rings. The molecule has 0 aromatic heterocycles. The number of benzene rings is 1. The lowest BCUT2D eigenvalue weighted by atomic mass is 9.69. The zero-order valence-corrected chi connectivity index (χ0v) is 27.1. The second kappa shape index (κ2) is 10.9. The van der Waals surface area contributed by atoms with Crippen molar-refractivity contribution < 1.29 is 27.9 Å². The Kier molecular flexibility index (Phi) is 7.95. The van der Waals surface area contributed by atoms with Gasteiger partial charge in [0.1, 0.15) is 22.6 Å². The van der Waals surface area contributed by atoms with Crippen molar-refractivity contribution in [2.24, 2.45) is 22.4 Å². The van der Waals surface area contributed by atoms with Gasteiger partial charge in [-0.05, 0) is 80.9 Å². The van der Waals surface area contributed by atoms with E-state index < -0.39 is 22.8 Å². The summed E-state index contributed by atoms with van der Waals surface area (Å²) in [4.78, 5) is 43.6. The second-order valence-corrected chi connectivity index (χ2v) is 14.2. The average Bonchev–Trinajstić information content (AvgIpc) is 3.64. The Morgan fingerprint density at radius 1 is 1.23 bits per heavy atom. The molecule has 5 rings (SSSR count). The number of nitrogens with zero attached hydrogens (tertiary/aromatic N) is 4. The van der Waals surface area contributed by atoms with Crippen molar-refractivity contribution in [3.63, 3.8) is 0 Å². The molecule has 2 heterocycles. The summed E-state index contributed by atoms with van der Waals surface area (Å²) in [6.07, 6.45) is 1.65. The van der Waals surface area contributed by atoms with Crippen molar-refractivity contribution in [2.45, 2.75) is 65.4 Å². The lowest BCUT2D eigenvalue weighted by Gasteiger charge is -2.45. The van der Waals surface area contributed by atoms with Gasteiger partial charge in [-0.1, -0.05) is 24.2 Å². The molecule has 3 amide bonds. The fraction of sp³-hybridized carbons (Fsp3) is 0.533. The van der Waals surface area contributed by atoms with Crippen molar-refractivity contribution in [1.82, 2.24) is 14.8 Å². The number of anilines is 1. The lowest BCUT2D eigenvalue weighted by Crippen LogP contribution is -2.51. The Morgan fingerprint density at radius 3 is 2.44 bits per heavy atom. The number of fused-ring (bicyclic) bond motifs is 4. The van der Waals surface area contributed by atoms with Crippen LogP contribution in [-0.4, -0.2) is 62.6 Å². The molecule has 13 heteroatoms. The number of amides is 3. The van der Waals surface area contributed by atoms with E-state index >= 15 is 0 Å². The maximum Gasteiger partial charge on any atom is 0.410 e. The molecule has 43 heavy (non-hydrogen) atoms. The summed E-state index contributed by atoms with van der Waals surface area (Å²) in [5, 5.41) is 8.30. The van der Waals surface area contributed by atoms with Crippen LogP contribution in [-0.2, 0) is 20.2 Å². The van der Waals surface area contributed by atoms with Crippen LogP contribution in [0.25, 0.3) is 0 Å². The Labute approximate surface area is 263 Å². The zero-order chi connectivity index (χ0) is 31.6. The van der Waals surface area contributed by atoms with Crippen LogP contribution in [0.3, 0.4) is 0 Å². The van der Waals surface area contributed by atoms with Crippen LogP contribution in [0.2, 0.25) is 5.02 Å². The molecule has 2 aliphatic carbocycles. The van der Waals surface area contributed by atoms with Crippen LogP contribution in [0.4, 0.5) is 19.3 Å². The summed E-state index contributed by atoms with van der Waals surface area (Å²) in [7, 11) is 0. The van der Waals surface area contributed by atoms with E-state index in [-0.39, 0.29) is 52.5 Å². The first kappa shape index (κ1) is 31.4. The first-order chi connectivity index (χ1) is 19.9. The van der Waals surface area contributed by atoms with Crippen molar-refractivity contribution in [3.8, 4) is 0 Å². The normalized spacial score (nSPS) is 23.5. The van der Waals surface area contributed by atoms with Gasteiger partial charge < -0.3 is 19.9 Å². The Hall–Kier alpha value is -2.99. The van der Waals surface area contributed by atoms with Crippen molar-refractivity contribution >= 4 is 55.7 Å². The van der Waals surface area contributed by atoms with Gasteiger partial charge in [-0.25, -0.2) is 13.6 Å². The molecule has 1 aromatic rings. The molecule has 1 N–H and O–H groups in total. The molecule has 2 unspecified atom stereocenters. The number of hydrogen-bond donors (Lipinski definition) is 1. The van der Waals surface area contributed by atoms with Crippen LogP contribution in [0.1, 0.15) is 59.4 Å². The molecule has 0 radical (unpaired) electrons. The van der Waals surface area contributed by atoms with Crippen molar-refractivity contribution in [1.29, 1.82) is 0 Å². The number of carbonyl (C=O) groups is 3. The Morgan fingerprint density at radius 2 is 1.88 bits per heavy atom. The van der Waals surface area contributed by atoms with Gasteiger partial charge in [0.25, 0.3) is 11.8 Å². The lowest BCUT2D eigenvalue weighted by molar-refractivity contribution is -0.130. The molecule has 1 aromatic carbocycles. The number of carbonyl (C=O) groups excluding carboxylic acids is 3. The van der Waals surface area contributed by atoms with Gasteiger partial charge in [0.15, 0.2) is 0 Å². The van der Waals surface area contributed by atoms with Gasteiger partial charge in [-0.3, -0.25) is 9.59 Å². The highest BCUT2D eigenvalue weighted by Gasteiger charge is 2.67. The number of likely N-dealkylation sites (tertiary alicyclic amines) is 1. The summed E-state index contributed by atoms with van der Waals surface area (Å²) in [6, 6.07) is 3.69. The molecular weight excluding hydrogens is 648 g/mol. The van der Waals surface area contributed by atoms with Crippen molar-refractivity contribution in [2.75, 3.05) is 25.0 Å². The fourth-order valence-corrected chi connectivity index (χ4v) is 6.93. The van der Waals surface area contributed by atoms with Crippen LogP contribution < -0.4 is 5.32 Å². The number of alkyl halides is 2. The van der Waals surface area contributed by atoms with Gasteiger partial charge in [0.2, 0.25) is 5.91 Å². The van der Waals surface area contributed by atoms with E-state index in [9.17, 15) is 23.2 Å². The molecule has 1 saturated carbocycles. The van der Waals surface area contributed by atoms with Crippen molar-refractivity contribution in [3.05, 3.63) is 52.5 Å². The number of allylic oxidation sites excluding steroid dienone is 1. The molecule has 9 nitrogen and oxygen atoms in total. The SMILES string of the molecule is C=C1N(CC(=O)Nc2ccc(C(C)(F)F)cc2Cl)C2=C(C(=O)N1/N=C(\C)Br)C1(CCN(C(=O)OC(C)(C)C)CC1)C1CC21. The first-order valence-corrected chi connectivity index (χ1v) is 15.3. The van der Waals surface area contributed by atoms with Crippen LogP contribution in [0, 0.1) is 17.3 Å². The van der Waals surface area contributed by atoms with E-state index in [1.807, 2.05) is 20.8 Å². The molecule has 1 spiro atoms. The number of hydrogen-bond acceptors (Lipinski definition) is 6. The summed E-state index contributed by atoms with van der Waals surface area (Å²) < 4.78 is 33.5. The van der Waals surface area contributed by atoms with Crippen LogP contribution in [0.5, 0.6) is 0 Å². The first-order valence-electron chi connectivity index (χ1n) is 14.1. The zero-order valence-electron chi connectivity index (χ0n) is 24.8. The summed E-state index contributed by atoms with van der Waals surface area (Å²) in [5.74, 6) is -3.31. The Balaban J connectivity index is 1.43. The monoisotopic (exact) mass is 681 g/mol. The topological polar surface area (TPSA) is 94.5 Å². The van der Waals surface area contributed by atoms with E-state index in [1.165, 1.54) is 17.1 Å². The van der Waals surface area contributed by atoms with E-state index in [1.54, 1.807) is 16.7 Å². The number of hydrazone groups is 1. The number of piperidine rings is 1. The van der Waals surface area contributed by atoms with Gasteiger partial charge in [-0.2, -0.15) is 10.1 Å². The maximum absolute atomic E-state index is 14.0. The molecule has 2 aliphatic heterocycles. The average molecular weight is 683 g/mol. The van der Waals surface area contributed by atoms with E-state index in [4.69, 9.17) is 16.3 Å². The minimum absolute atomic E-state index is 0.0140. The molecule has 232 valence electrons. The largest absolute Gasteiger partial charge is 0.444 e. The van der Waals surface area contributed by atoms with E-state index in [0.29, 0.717) is 36.1 Å². The maximum atomic E-state index is 14.0. The number of rotatable bonds is 5. The molecule has 0 bridgehead atoms. The predicted octanol–water partition coefficient (Wildman–Crippen LogP) is 6.66. The highest BCUT2D eigenvalue weighted by atomic mass is 79.9. The molecule has 4 aliphatic rings. The minimum atomic E-state index is -3.08. The highest BCUT2D eigenvalue weighted by molar-refractivity contribution is 9.18. The van der Waals surface area contributed by atoms with Gasteiger partial charge in [0.05, 0.1) is 10.7 Å². The fourth-order valence-electron chi connectivity index (χ4n) is 6.54. The van der Waals surface area contributed by atoms with Gasteiger partial charge >= 0.3 is 6.09 Å². The predicted molar refractivity (Wildman–Crippen MR) is 162 cm³/mol. The summed E-state index contributed by atoms with van der Waals surface area (Å²) in [5.41, 5.74) is 0.233. The number of nitrogens with one attached hydrogen (secondary N) is 1. The van der Waals surface area contributed by atoms with Crippen LogP contribution >= 0.6 is 27.5 Å². The molecule has 2 atom stereocenters. The summed E-state index contributed by atoms with van der Waals surface area (Å²) in [6.45, 7) is 12.7. The third-order valence-corrected chi connectivity index (χ3v) is 8.93. The third-order valence-electron chi connectivity index (χ3n) is 8.46. The van der Waals surface area contributed by atoms with E-state index in [2.05, 4.69) is 32.9 Å². The number of halogens is 4. The quantitative estimate of drug-likeness (QED) is 0.351. The smallest absolute Gasteiger partial charge is 0.410 e. The third kappa shape index (κ3) is 5.92. The highest BCUT2D eigenvalue weighted by Crippen LogP contribution is 2.70. The number of ether oxygens (including phenoxy) is 1. The van der Waals surface area contributed by atoms with Crippen LogP contribution in [0.15, 0.2) is 47.0 Å². The second-order valence-electron chi connectivity index (χ2n) is 12.7. The van der Waals surface area contributed by atoms with Gasteiger partial charge in [-0.15, -0.1) is 0 Å². The molecule has 1 saturated heterocycles. The minimum Gasteiger partial charge on any atom is -0.444 e. The van der Waals surface area contributed by atoms with Gasteiger partial charge in [0, 0.05) is 48.2 Å². The Bertz CT molecular complexity index is 1450. The van der Waals surface area contributed by atoms with E-state index in [0.717, 1.165) is 25.1 Å². The summed E-state index contributed by atoms with van der Waals surface area (Å²) >= 11 is 9.55. The standard InChI is InChI=1S/C30H35BrClF2N5O4/c1-16(31)36-39-17(2)38(15-23(40)35-22-8-7-18(13-21(22)32)29(6,33)34)25-19-14-20(19)30(24(25)26(39)41)9-11-37(12-10-30)27(42)43-28(3,4)5/h7-8,13,19-20H,2,9-12,14-15H2,1,3-6H3,(H,35,40)/b36-16+. The molecular formula is C30H35BrClF2N5O4.